The first-order valence-corrected chi connectivity index (χ1v) is 5.78. The third-order valence-electron chi connectivity index (χ3n) is 2.22. The smallest absolute Gasteiger partial charge is 0.298 e. The van der Waals surface area contributed by atoms with Crippen molar-refractivity contribution in [1.82, 2.24) is 0 Å². The third-order valence-corrected chi connectivity index (χ3v) is 2.73. The van der Waals surface area contributed by atoms with E-state index < -0.39 is 39.3 Å². The topological polar surface area (TPSA) is 77.3 Å². The molecule has 0 radical (unpaired) electrons. The van der Waals surface area contributed by atoms with Gasteiger partial charge < -0.3 is 0 Å². The Morgan fingerprint density at radius 1 is 1.42 bits per heavy atom. The second-order valence-electron chi connectivity index (χ2n) is 3.39. The first-order valence-electron chi connectivity index (χ1n) is 4.66. The summed E-state index contributed by atoms with van der Waals surface area (Å²) in [7, 11) is 0. The molecule has 5 nitrogen and oxygen atoms in total. The van der Waals surface area contributed by atoms with Gasteiger partial charge in [-0.15, -0.1) is 0 Å². The zero-order valence-electron chi connectivity index (χ0n) is 9.03. The molecular weight excluding hydrogens is 335 g/mol. The Hall–Kier alpha value is -1.77. The molecule has 1 rings (SSSR count). The summed E-state index contributed by atoms with van der Waals surface area (Å²) in [6.07, 6.45) is -5.02. The van der Waals surface area contributed by atoms with Crippen LogP contribution in [0.5, 0.6) is 0 Å². The van der Waals surface area contributed by atoms with Crippen LogP contribution in [-0.2, 0) is 6.18 Å². The Morgan fingerprint density at radius 3 is 2.37 bits per heavy atom. The van der Waals surface area contributed by atoms with Crippen molar-refractivity contribution >= 4 is 33.7 Å². The van der Waals surface area contributed by atoms with Gasteiger partial charge in [0.2, 0.25) is 0 Å². The Labute approximate surface area is 112 Å². The van der Waals surface area contributed by atoms with Crippen molar-refractivity contribution in [2.75, 3.05) is 5.33 Å². The van der Waals surface area contributed by atoms with Crippen molar-refractivity contribution in [2.45, 2.75) is 6.18 Å². The number of alkyl halides is 4. The number of carbonyl (C=O) groups is 2. The third kappa shape index (κ3) is 3.16. The van der Waals surface area contributed by atoms with E-state index in [4.69, 9.17) is 0 Å². The zero-order chi connectivity index (χ0) is 14.8. The van der Waals surface area contributed by atoms with Crippen LogP contribution in [0.3, 0.4) is 0 Å². The van der Waals surface area contributed by atoms with E-state index in [0.717, 1.165) is 0 Å². The molecule has 0 saturated heterocycles. The summed E-state index contributed by atoms with van der Waals surface area (Å²) in [5, 5.41) is 10.4. The summed E-state index contributed by atoms with van der Waals surface area (Å²) in [6.45, 7) is 0. The number of halogens is 4. The van der Waals surface area contributed by atoms with Crippen molar-refractivity contribution in [3.8, 4) is 0 Å². The van der Waals surface area contributed by atoms with Gasteiger partial charge in [0.25, 0.3) is 5.69 Å². The highest BCUT2D eigenvalue weighted by Gasteiger charge is 2.37. The van der Waals surface area contributed by atoms with Crippen LogP contribution in [0.4, 0.5) is 18.9 Å². The maximum absolute atomic E-state index is 12.6. The van der Waals surface area contributed by atoms with Gasteiger partial charge in [0, 0.05) is 11.6 Å². The number of Topliss-reactive ketones (excluding diaryl/α,β-unsaturated/α-hetero) is 1. The molecular formula is C10H5BrF3NO4. The zero-order valence-corrected chi connectivity index (χ0v) is 10.6. The van der Waals surface area contributed by atoms with Crippen molar-refractivity contribution in [1.29, 1.82) is 0 Å². The Balaban J connectivity index is 3.65. The van der Waals surface area contributed by atoms with E-state index >= 15 is 0 Å². The number of nitro groups is 1. The quantitative estimate of drug-likeness (QED) is 0.278. The monoisotopic (exact) mass is 339 g/mol. The molecule has 0 N–H and O–H groups in total. The fourth-order valence-electron chi connectivity index (χ4n) is 1.39. The molecule has 0 spiro atoms. The first-order chi connectivity index (χ1) is 8.72. The van der Waals surface area contributed by atoms with Crippen LogP contribution >= 0.6 is 15.9 Å². The van der Waals surface area contributed by atoms with Gasteiger partial charge in [-0.05, 0) is 6.07 Å². The summed E-state index contributed by atoms with van der Waals surface area (Å²) in [5.74, 6) is -0.788. The van der Waals surface area contributed by atoms with Gasteiger partial charge in [0.1, 0.15) is 0 Å². The van der Waals surface area contributed by atoms with E-state index in [9.17, 15) is 32.9 Å². The number of nitro benzene ring substituents is 1. The second kappa shape index (κ2) is 5.47. The lowest BCUT2D eigenvalue weighted by Crippen LogP contribution is -2.13. The van der Waals surface area contributed by atoms with E-state index in [1.807, 2.05) is 0 Å². The molecule has 0 bridgehead atoms. The van der Waals surface area contributed by atoms with Gasteiger partial charge in [-0.25, -0.2) is 0 Å². The SMILES string of the molecule is O=Cc1cc(C(=O)CBr)c([N+](=O)[O-])cc1C(F)(F)F. The standard InChI is InChI=1S/C10H5BrF3NO4/c11-3-9(17)6-1-5(4-16)7(10(12,13)14)2-8(6)15(18)19/h1-2,4H,3H2. The highest BCUT2D eigenvalue weighted by atomic mass is 79.9. The molecule has 0 aromatic heterocycles. The Morgan fingerprint density at radius 2 is 2.00 bits per heavy atom. The number of ketones is 1. The molecule has 19 heavy (non-hydrogen) atoms. The Kier molecular flexibility index (Phi) is 4.40. The molecule has 0 saturated carbocycles. The number of carbonyl (C=O) groups excluding carboxylic acids is 2. The van der Waals surface area contributed by atoms with Gasteiger partial charge in [0.15, 0.2) is 12.1 Å². The van der Waals surface area contributed by atoms with Crippen LogP contribution in [0.1, 0.15) is 26.3 Å². The molecule has 1 aromatic rings. The van der Waals surface area contributed by atoms with Crippen molar-refractivity contribution in [2.24, 2.45) is 0 Å². The second-order valence-corrected chi connectivity index (χ2v) is 3.95. The molecule has 0 aliphatic rings. The van der Waals surface area contributed by atoms with E-state index in [1.54, 1.807) is 0 Å². The first kappa shape index (κ1) is 15.3. The molecule has 0 aliphatic heterocycles. The average Bonchev–Trinajstić information content (AvgIpc) is 2.34. The van der Waals surface area contributed by atoms with E-state index in [-0.39, 0.29) is 17.7 Å². The van der Waals surface area contributed by atoms with Gasteiger partial charge in [-0.1, -0.05) is 15.9 Å². The molecule has 0 aliphatic carbocycles. The van der Waals surface area contributed by atoms with Gasteiger partial charge >= 0.3 is 6.18 Å². The normalized spacial score (nSPS) is 11.2. The molecule has 0 amide bonds. The lowest BCUT2D eigenvalue weighted by molar-refractivity contribution is -0.385. The minimum absolute atomic E-state index is 0.0996. The van der Waals surface area contributed by atoms with E-state index in [1.165, 1.54) is 0 Å². The summed E-state index contributed by atoms with van der Waals surface area (Å²) in [4.78, 5) is 31.7. The molecule has 102 valence electrons. The van der Waals surface area contributed by atoms with Gasteiger partial charge in [-0.2, -0.15) is 13.2 Å². The summed E-state index contributed by atoms with van der Waals surface area (Å²) in [5.41, 5.74) is -3.79. The fourth-order valence-corrected chi connectivity index (χ4v) is 1.70. The fraction of sp³-hybridized carbons (Fsp3) is 0.200. The average molecular weight is 340 g/mol. The minimum Gasteiger partial charge on any atom is -0.298 e. The predicted octanol–water partition coefficient (Wildman–Crippen LogP) is 3.00. The van der Waals surface area contributed by atoms with Crippen LogP contribution in [0.25, 0.3) is 0 Å². The Bertz CT molecular complexity index is 556. The van der Waals surface area contributed by atoms with Crippen molar-refractivity contribution < 1.29 is 27.7 Å². The van der Waals surface area contributed by atoms with Gasteiger partial charge in [-0.3, -0.25) is 19.7 Å². The summed E-state index contributed by atoms with van der Waals surface area (Å²) >= 11 is 2.76. The van der Waals surface area contributed by atoms with E-state index in [0.29, 0.717) is 6.07 Å². The van der Waals surface area contributed by atoms with Crippen molar-refractivity contribution in [3.63, 3.8) is 0 Å². The summed E-state index contributed by atoms with van der Waals surface area (Å²) in [6, 6.07) is 0.775. The molecule has 1 aromatic carbocycles. The highest BCUT2D eigenvalue weighted by Crippen LogP contribution is 2.35. The van der Waals surface area contributed by atoms with Crippen LogP contribution in [-0.4, -0.2) is 22.3 Å². The molecule has 9 heteroatoms. The highest BCUT2D eigenvalue weighted by molar-refractivity contribution is 9.09. The number of hydrogen-bond acceptors (Lipinski definition) is 4. The lowest BCUT2D eigenvalue weighted by atomic mass is 10.0. The number of nitrogens with zero attached hydrogens (tertiary/aromatic N) is 1. The molecule has 0 atom stereocenters. The number of rotatable bonds is 4. The minimum atomic E-state index is -4.92. The lowest BCUT2D eigenvalue weighted by Gasteiger charge is -2.10. The molecule has 0 heterocycles. The molecule has 0 unspecified atom stereocenters. The predicted molar refractivity (Wildman–Crippen MR) is 61.6 cm³/mol. The largest absolute Gasteiger partial charge is 0.417 e. The maximum Gasteiger partial charge on any atom is 0.417 e. The number of hydrogen-bond donors (Lipinski definition) is 0. The van der Waals surface area contributed by atoms with Crippen molar-refractivity contribution in [3.05, 3.63) is 38.9 Å². The van der Waals surface area contributed by atoms with Gasteiger partial charge in [0.05, 0.1) is 21.4 Å². The summed E-state index contributed by atoms with van der Waals surface area (Å²) < 4.78 is 37.9. The maximum atomic E-state index is 12.6. The van der Waals surface area contributed by atoms with E-state index in [2.05, 4.69) is 15.9 Å². The number of benzene rings is 1. The van der Waals surface area contributed by atoms with Crippen LogP contribution in [0.15, 0.2) is 12.1 Å². The van der Waals surface area contributed by atoms with Crippen LogP contribution < -0.4 is 0 Å². The van der Waals surface area contributed by atoms with Crippen LogP contribution in [0, 0.1) is 10.1 Å². The van der Waals surface area contributed by atoms with Crippen LogP contribution in [0.2, 0.25) is 0 Å². The molecule has 0 fully saturated rings. The number of aldehydes is 1.